The summed E-state index contributed by atoms with van der Waals surface area (Å²) in [6.07, 6.45) is 8.06. The average molecular weight is 268 g/mol. The maximum absolute atomic E-state index is 3.85. The highest BCUT2D eigenvalue weighted by atomic mass is 35.5. The van der Waals surface area contributed by atoms with E-state index < -0.39 is 0 Å². The van der Waals surface area contributed by atoms with Gasteiger partial charge in [0.25, 0.3) is 0 Å². The van der Waals surface area contributed by atoms with Crippen molar-refractivity contribution in [3.05, 3.63) is 35.4 Å². The number of halogens is 1. The first kappa shape index (κ1) is 15.5. The molecule has 1 aliphatic heterocycles. The lowest BCUT2D eigenvalue weighted by molar-refractivity contribution is 0.307. The van der Waals surface area contributed by atoms with E-state index in [-0.39, 0.29) is 12.4 Å². The smallest absolute Gasteiger partial charge is 0.0325 e. The Balaban J connectivity index is 0.00000162. The van der Waals surface area contributed by atoms with Crippen LogP contribution in [0.1, 0.15) is 62.6 Å². The minimum absolute atomic E-state index is 0. The highest BCUT2D eigenvalue weighted by Crippen LogP contribution is 2.28. The maximum atomic E-state index is 3.85. The van der Waals surface area contributed by atoms with E-state index in [1.165, 1.54) is 49.7 Å². The summed E-state index contributed by atoms with van der Waals surface area (Å²) in [5, 5.41) is 3.85. The molecule has 0 aliphatic carbocycles. The van der Waals surface area contributed by atoms with Crippen LogP contribution in [0, 0.1) is 6.92 Å². The van der Waals surface area contributed by atoms with Gasteiger partial charge in [-0.3, -0.25) is 0 Å². The van der Waals surface area contributed by atoms with Gasteiger partial charge in [0.15, 0.2) is 0 Å². The van der Waals surface area contributed by atoms with Gasteiger partial charge >= 0.3 is 0 Å². The number of hydrogen-bond acceptors (Lipinski definition) is 1. The normalized spacial score (nSPS) is 23.4. The van der Waals surface area contributed by atoms with Crippen LogP contribution in [0.15, 0.2) is 24.3 Å². The molecular weight excluding hydrogens is 242 g/mol. The third-order valence-electron chi connectivity index (χ3n) is 3.95. The van der Waals surface area contributed by atoms with Gasteiger partial charge in [0, 0.05) is 12.1 Å². The van der Waals surface area contributed by atoms with E-state index >= 15 is 0 Å². The van der Waals surface area contributed by atoms with Crippen LogP contribution in [0.25, 0.3) is 0 Å². The van der Waals surface area contributed by atoms with Crippen LogP contribution in [0.5, 0.6) is 0 Å². The standard InChI is InChI=1S/C16H25N.ClH/c1-3-4-9-14-10-7-12-16(17-14)15-11-6-5-8-13(15)2;/h5-6,8,11,14,16-17H,3-4,7,9-10,12H2,1-2H3;1H/t14-,16-;/m1./s1. The molecule has 1 saturated heterocycles. The monoisotopic (exact) mass is 267 g/mol. The van der Waals surface area contributed by atoms with Gasteiger partial charge in [-0.1, -0.05) is 50.5 Å². The number of hydrogen-bond donors (Lipinski definition) is 1. The highest BCUT2D eigenvalue weighted by molar-refractivity contribution is 5.85. The minimum Gasteiger partial charge on any atom is -0.307 e. The van der Waals surface area contributed by atoms with Crippen molar-refractivity contribution < 1.29 is 0 Å². The molecule has 2 heteroatoms. The summed E-state index contributed by atoms with van der Waals surface area (Å²) in [5.41, 5.74) is 2.94. The van der Waals surface area contributed by atoms with Crippen LogP contribution >= 0.6 is 12.4 Å². The quantitative estimate of drug-likeness (QED) is 0.827. The lowest BCUT2D eigenvalue weighted by Gasteiger charge is -2.32. The number of aryl methyl sites for hydroxylation is 1. The largest absolute Gasteiger partial charge is 0.307 e. The Hall–Kier alpha value is -0.530. The van der Waals surface area contributed by atoms with E-state index in [1.54, 1.807) is 0 Å². The Kier molecular flexibility index (Phi) is 6.73. The molecule has 1 fully saturated rings. The molecule has 18 heavy (non-hydrogen) atoms. The molecule has 1 aromatic carbocycles. The van der Waals surface area contributed by atoms with Gasteiger partial charge in [-0.15, -0.1) is 12.4 Å². The summed E-state index contributed by atoms with van der Waals surface area (Å²) < 4.78 is 0. The van der Waals surface area contributed by atoms with Gasteiger partial charge in [-0.05, 0) is 37.3 Å². The highest BCUT2D eigenvalue weighted by Gasteiger charge is 2.22. The van der Waals surface area contributed by atoms with Crippen LogP contribution in [0.2, 0.25) is 0 Å². The second-order valence-corrected chi connectivity index (χ2v) is 5.35. The zero-order valence-electron chi connectivity index (χ0n) is 11.6. The summed E-state index contributed by atoms with van der Waals surface area (Å²) in [6, 6.07) is 10.2. The van der Waals surface area contributed by atoms with E-state index in [2.05, 4.69) is 43.4 Å². The molecular formula is C16H26ClN. The third kappa shape index (κ3) is 4.00. The number of unbranched alkanes of at least 4 members (excludes halogenated alkanes) is 1. The van der Waals surface area contributed by atoms with Gasteiger partial charge in [-0.25, -0.2) is 0 Å². The molecule has 1 heterocycles. The van der Waals surface area contributed by atoms with Crippen LogP contribution in [-0.4, -0.2) is 6.04 Å². The number of benzene rings is 1. The summed E-state index contributed by atoms with van der Waals surface area (Å²) in [5.74, 6) is 0. The molecule has 1 N–H and O–H groups in total. The fourth-order valence-corrected chi connectivity index (χ4v) is 2.92. The van der Waals surface area contributed by atoms with E-state index in [9.17, 15) is 0 Å². The Morgan fingerprint density at radius 1 is 1.22 bits per heavy atom. The topological polar surface area (TPSA) is 12.0 Å². The summed E-state index contributed by atoms with van der Waals surface area (Å²) in [7, 11) is 0. The molecule has 0 saturated carbocycles. The third-order valence-corrected chi connectivity index (χ3v) is 3.95. The minimum atomic E-state index is 0. The number of rotatable bonds is 4. The van der Waals surface area contributed by atoms with E-state index in [0.717, 1.165) is 6.04 Å². The van der Waals surface area contributed by atoms with Crippen molar-refractivity contribution in [3.63, 3.8) is 0 Å². The summed E-state index contributed by atoms with van der Waals surface area (Å²) >= 11 is 0. The van der Waals surface area contributed by atoms with Gasteiger partial charge in [0.1, 0.15) is 0 Å². The van der Waals surface area contributed by atoms with Crippen molar-refractivity contribution in [2.24, 2.45) is 0 Å². The van der Waals surface area contributed by atoms with E-state index in [0.29, 0.717) is 6.04 Å². The van der Waals surface area contributed by atoms with Crippen LogP contribution in [-0.2, 0) is 0 Å². The summed E-state index contributed by atoms with van der Waals surface area (Å²) in [4.78, 5) is 0. The van der Waals surface area contributed by atoms with Crippen molar-refractivity contribution in [1.29, 1.82) is 0 Å². The molecule has 1 nitrogen and oxygen atoms in total. The molecule has 0 unspecified atom stereocenters. The molecule has 0 spiro atoms. The Morgan fingerprint density at radius 3 is 2.72 bits per heavy atom. The fraction of sp³-hybridized carbons (Fsp3) is 0.625. The molecule has 2 atom stereocenters. The van der Waals surface area contributed by atoms with Crippen molar-refractivity contribution in [2.45, 2.75) is 64.5 Å². The van der Waals surface area contributed by atoms with Crippen molar-refractivity contribution >= 4 is 12.4 Å². The van der Waals surface area contributed by atoms with E-state index in [1.807, 2.05) is 0 Å². The molecule has 0 radical (unpaired) electrons. The number of piperidine rings is 1. The lowest BCUT2D eigenvalue weighted by atomic mass is 9.89. The van der Waals surface area contributed by atoms with E-state index in [4.69, 9.17) is 0 Å². The zero-order chi connectivity index (χ0) is 12.1. The van der Waals surface area contributed by atoms with Crippen LogP contribution < -0.4 is 5.32 Å². The summed E-state index contributed by atoms with van der Waals surface area (Å²) in [6.45, 7) is 4.51. The van der Waals surface area contributed by atoms with Crippen molar-refractivity contribution in [2.75, 3.05) is 0 Å². The van der Waals surface area contributed by atoms with Gasteiger partial charge < -0.3 is 5.32 Å². The molecule has 0 bridgehead atoms. The molecule has 102 valence electrons. The Labute approximate surface area is 118 Å². The molecule has 0 amide bonds. The Bertz CT molecular complexity index is 351. The van der Waals surface area contributed by atoms with Crippen molar-refractivity contribution in [1.82, 2.24) is 5.32 Å². The first-order chi connectivity index (χ1) is 8.31. The van der Waals surface area contributed by atoms with Crippen LogP contribution in [0.4, 0.5) is 0 Å². The maximum Gasteiger partial charge on any atom is 0.0325 e. The second-order valence-electron chi connectivity index (χ2n) is 5.35. The van der Waals surface area contributed by atoms with Crippen LogP contribution in [0.3, 0.4) is 0 Å². The molecule has 1 aliphatic rings. The predicted octanol–water partition coefficient (Wildman–Crippen LogP) is 4.79. The lowest BCUT2D eigenvalue weighted by Crippen LogP contribution is -2.37. The molecule has 1 aromatic rings. The average Bonchev–Trinajstić information content (AvgIpc) is 2.37. The SMILES string of the molecule is CCCC[C@@H]1CCC[C@H](c2ccccc2C)N1.Cl. The van der Waals surface area contributed by atoms with Gasteiger partial charge in [0.05, 0.1) is 0 Å². The van der Waals surface area contributed by atoms with Crippen molar-refractivity contribution in [3.8, 4) is 0 Å². The zero-order valence-corrected chi connectivity index (χ0v) is 12.4. The predicted molar refractivity (Wildman–Crippen MR) is 81.5 cm³/mol. The Morgan fingerprint density at radius 2 is 2.00 bits per heavy atom. The first-order valence-corrected chi connectivity index (χ1v) is 7.13. The fourth-order valence-electron chi connectivity index (χ4n) is 2.92. The number of nitrogens with one attached hydrogen (secondary N) is 1. The molecule has 0 aromatic heterocycles. The molecule has 2 rings (SSSR count). The van der Waals surface area contributed by atoms with Gasteiger partial charge in [0.2, 0.25) is 0 Å². The second kappa shape index (κ2) is 7.81. The first-order valence-electron chi connectivity index (χ1n) is 7.13. The van der Waals surface area contributed by atoms with Gasteiger partial charge in [-0.2, -0.15) is 0 Å².